The van der Waals surface area contributed by atoms with E-state index in [0.717, 1.165) is 0 Å². The quantitative estimate of drug-likeness (QED) is 0.355. The minimum Gasteiger partial charge on any atom is -0.468 e. The van der Waals surface area contributed by atoms with Gasteiger partial charge in [0.25, 0.3) is 0 Å². The molecular weight excluding hydrogens is 156 g/mol. The van der Waals surface area contributed by atoms with E-state index in [1.807, 2.05) is 0 Å². The SMILES string of the molecule is C=CCCC(=O)C(C)C(=O)OC. The second-order valence-corrected chi connectivity index (χ2v) is 2.54. The fourth-order valence-corrected chi connectivity index (χ4v) is 0.769. The van der Waals surface area contributed by atoms with Crippen molar-refractivity contribution in [1.29, 1.82) is 0 Å². The van der Waals surface area contributed by atoms with Gasteiger partial charge in [0.1, 0.15) is 11.7 Å². The Morgan fingerprint density at radius 1 is 1.58 bits per heavy atom. The maximum atomic E-state index is 11.2. The molecule has 1 unspecified atom stereocenters. The van der Waals surface area contributed by atoms with Crippen LogP contribution in [0.3, 0.4) is 0 Å². The predicted octanol–water partition coefficient (Wildman–Crippen LogP) is 1.33. The number of esters is 1. The summed E-state index contributed by atoms with van der Waals surface area (Å²) in [7, 11) is 1.28. The highest BCUT2D eigenvalue weighted by molar-refractivity contribution is 5.98. The van der Waals surface area contributed by atoms with E-state index in [2.05, 4.69) is 11.3 Å². The van der Waals surface area contributed by atoms with E-state index >= 15 is 0 Å². The Hall–Kier alpha value is -1.12. The Kier molecular flexibility index (Phi) is 5.00. The molecule has 0 heterocycles. The molecule has 0 aromatic rings. The van der Waals surface area contributed by atoms with Crippen LogP contribution in [-0.4, -0.2) is 18.9 Å². The molecule has 0 N–H and O–H groups in total. The summed E-state index contributed by atoms with van der Waals surface area (Å²) in [5, 5.41) is 0. The zero-order chi connectivity index (χ0) is 9.56. The third kappa shape index (κ3) is 3.32. The smallest absolute Gasteiger partial charge is 0.315 e. The van der Waals surface area contributed by atoms with Crippen LogP contribution in [0.4, 0.5) is 0 Å². The van der Waals surface area contributed by atoms with Gasteiger partial charge in [-0.1, -0.05) is 6.08 Å². The van der Waals surface area contributed by atoms with Crippen LogP contribution in [0.15, 0.2) is 12.7 Å². The van der Waals surface area contributed by atoms with Crippen LogP contribution in [0.2, 0.25) is 0 Å². The van der Waals surface area contributed by atoms with Gasteiger partial charge in [-0.05, 0) is 13.3 Å². The van der Waals surface area contributed by atoms with Gasteiger partial charge in [-0.15, -0.1) is 6.58 Å². The molecule has 1 atom stereocenters. The predicted molar refractivity (Wildman–Crippen MR) is 45.6 cm³/mol. The molecule has 12 heavy (non-hydrogen) atoms. The molecule has 0 radical (unpaired) electrons. The zero-order valence-corrected chi connectivity index (χ0v) is 7.50. The van der Waals surface area contributed by atoms with Gasteiger partial charge in [-0.25, -0.2) is 0 Å². The molecule has 0 aromatic heterocycles. The summed E-state index contributed by atoms with van der Waals surface area (Å²) in [6.07, 6.45) is 2.63. The molecule has 0 aliphatic rings. The van der Waals surface area contributed by atoms with Crippen LogP contribution in [-0.2, 0) is 14.3 Å². The largest absolute Gasteiger partial charge is 0.468 e. The summed E-state index contributed by atoms with van der Waals surface area (Å²) in [6, 6.07) is 0. The number of ether oxygens (including phenoxy) is 1. The lowest BCUT2D eigenvalue weighted by molar-refractivity contribution is -0.148. The highest BCUT2D eigenvalue weighted by atomic mass is 16.5. The molecular formula is C9H14O3. The normalized spacial score (nSPS) is 11.8. The van der Waals surface area contributed by atoms with Gasteiger partial charge in [-0.2, -0.15) is 0 Å². The van der Waals surface area contributed by atoms with E-state index < -0.39 is 11.9 Å². The highest BCUT2D eigenvalue weighted by Gasteiger charge is 2.20. The zero-order valence-electron chi connectivity index (χ0n) is 7.50. The number of methoxy groups -OCH3 is 1. The molecule has 3 heteroatoms. The number of Topliss-reactive ketones (excluding diaryl/α,β-unsaturated/α-hetero) is 1. The van der Waals surface area contributed by atoms with E-state index in [0.29, 0.717) is 12.8 Å². The van der Waals surface area contributed by atoms with Gasteiger partial charge >= 0.3 is 5.97 Å². The summed E-state index contributed by atoms with van der Waals surface area (Å²) in [5.74, 6) is -1.21. The second kappa shape index (κ2) is 5.52. The van der Waals surface area contributed by atoms with Crippen LogP contribution < -0.4 is 0 Å². The minimum atomic E-state index is -0.644. The molecule has 0 fully saturated rings. The van der Waals surface area contributed by atoms with Crippen LogP contribution in [0.1, 0.15) is 19.8 Å². The summed E-state index contributed by atoms with van der Waals surface area (Å²) in [4.78, 5) is 22.0. The standard InChI is InChI=1S/C9H14O3/c1-4-5-6-8(10)7(2)9(11)12-3/h4,7H,1,5-6H2,2-3H3. The molecule has 0 aliphatic carbocycles. The Bertz CT molecular complexity index is 184. The Labute approximate surface area is 72.4 Å². The van der Waals surface area contributed by atoms with Crippen LogP contribution in [0.25, 0.3) is 0 Å². The first-order valence-electron chi connectivity index (χ1n) is 3.85. The van der Waals surface area contributed by atoms with Crippen LogP contribution in [0.5, 0.6) is 0 Å². The first kappa shape index (κ1) is 10.9. The van der Waals surface area contributed by atoms with Crippen molar-refractivity contribution in [2.75, 3.05) is 7.11 Å². The van der Waals surface area contributed by atoms with Crippen molar-refractivity contribution in [2.24, 2.45) is 5.92 Å². The molecule has 0 bridgehead atoms. The lowest BCUT2D eigenvalue weighted by atomic mass is 10.0. The van der Waals surface area contributed by atoms with E-state index in [4.69, 9.17) is 0 Å². The van der Waals surface area contributed by atoms with Gasteiger partial charge < -0.3 is 4.74 Å². The first-order chi connectivity index (χ1) is 5.63. The summed E-state index contributed by atoms with van der Waals surface area (Å²) in [6.45, 7) is 5.04. The van der Waals surface area contributed by atoms with Crippen LogP contribution >= 0.6 is 0 Å². The van der Waals surface area contributed by atoms with Gasteiger partial charge in [0.15, 0.2) is 0 Å². The third-order valence-corrected chi connectivity index (χ3v) is 1.63. The Morgan fingerprint density at radius 3 is 2.58 bits per heavy atom. The monoisotopic (exact) mass is 170 g/mol. The van der Waals surface area contributed by atoms with E-state index in [9.17, 15) is 9.59 Å². The third-order valence-electron chi connectivity index (χ3n) is 1.63. The molecule has 3 nitrogen and oxygen atoms in total. The molecule has 0 saturated carbocycles. The van der Waals surface area contributed by atoms with Gasteiger partial charge in [0, 0.05) is 6.42 Å². The Balaban J connectivity index is 3.92. The summed E-state index contributed by atoms with van der Waals surface area (Å²) >= 11 is 0. The van der Waals surface area contributed by atoms with Crippen molar-refractivity contribution in [1.82, 2.24) is 0 Å². The number of hydrogen-bond acceptors (Lipinski definition) is 3. The fraction of sp³-hybridized carbons (Fsp3) is 0.556. The van der Waals surface area contributed by atoms with Crippen molar-refractivity contribution in [3.05, 3.63) is 12.7 Å². The molecule has 68 valence electrons. The molecule has 0 saturated heterocycles. The van der Waals surface area contributed by atoms with Crippen LogP contribution in [0, 0.1) is 5.92 Å². The Morgan fingerprint density at radius 2 is 2.17 bits per heavy atom. The maximum absolute atomic E-state index is 11.2. The fourth-order valence-electron chi connectivity index (χ4n) is 0.769. The number of rotatable bonds is 5. The van der Waals surface area contributed by atoms with Crippen molar-refractivity contribution in [3.8, 4) is 0 Å². The van der Waals surface area contributed by atoms with E-state index in [-0.39, 0.29) is 5.78 Å². The average Bonchev–Trinajstić information content (AvgIpc) is 2.11. The van der Waals surface area contributed by atoms with Crippen molar-refractivity contribution < 1.29 is 14.3 Å². The van der Waals surface area contributed by atoms with Crippen molar-refractivity contribution in [3.63, 3.8) is 0 Å². The molecule has 0 aliphatic heterocycles. The number of allylic oxidation sites excluding steroid dienone is 1. The lowest BCUT2D eigenvalue weighted by Crippen LogP contribution is -2.21. The number of carbonyl (C=O) groups is 2. The molecule has 0 spiro atoms. The number of hydrogen-bond donors (Lipinski definition) is 0. The number of ketones is 1. The maximum Gasteiger partial charge on any atom is 0.315 e. The second-order valence-electron chi connectivity index (χ2n) is 2.54. The average molecular weight is 170 g/mol. The van der Waals surface area contributed by atoms with Gasteiger partial charge in [-0.3, -0.25) is 9.59 Å². The highest BCUT2D eigenvalue weighted by Crippen LogP contribution is 2.05. The van der Waals surface area contributed by atoms with E-state index in [1.54, 1.807) is 13.0 Å². The van der Waals surface area contributed by atoms with Gasteiger partial charge in [0.2, 0.25) is 0 Å². The molecule has 0 aromatic carbocycles. The number of carbonyl (C=O) groups excluding carboxylic acids is 2. The molecule has 0 rings (SSSR count). The lowest BCUT2D eigenvalue weighted by Gasteiger charge is -2.06. The topological polar surface area (TPSA) is 43.4 Å². The summed E-state index contributed by atoms with van der Waals surface area (Å²) < 4.78 is 4.43. The molecule has 0 amide bonds. The summed E-state index contributed by atoms with van der Waals surface area (Å²) in [5.41, 5.74) is 0. The van der Waals surface area contributed by atoms with Crippen molar-refractivity contribution >= 4 is 11.8 Å². The van der Waals surface area contributed by atoms with Crippen molar-refractivity contribution in [2.45, 2.75) is 19.8 Å². The van der Waals surface area contributed by atoms with E-state index in [1.165, 1.54) is 7.11 Å². The minimum absolute atomic E-state index is 0.0956. The first-order valence-corrected chi connectivity index (χ1v) is 3.85. The van der Waals surface area contributed by atoms with Gasteiger partial charge in [0.05, 0.1) is 7.11 Å².